The van der Waals surface area contributed by atoms with Crippen molar-refractivity contribution in [2.45, 2.75) is 84.6 Å². The van der Waals surface area contributed by atoms with Crippen LogP contribution in [0.3, 0.4) is 0 Å². The maximum atomic E-state index is 3.72. The summed E-state index contributed by atoms with van der Waals surface area (Å²) in [5.74, 6) is 0. The van der Waals surface area contributed by atoms with Crippen LogP contribution in [0.15, 0.2) is 0 Å². The van der Waals surface area contributed by atoms with Crippen molar-refractivity contribution >= 4 is 0 Å². The number of nitrogens with one attached hydrogen (secondary N) is 1. The summed E-state index contributed by atoms with van der Waals surface area (Å²) in [5, 5.41) is 3.72. The molecule has 0 amide bonds. The molecule has 0 rings (SSSR count). The Morgan fingerprint density at radius 1 is 0.733 bits per heavy atom. The SMILES string of the molecule is CCCCCNC(CCCC)CCCC. The summed E-state index contributed by atoms with van der Waals surface area (Å²) in [6.45, 7) is 8.07. The topological polar surface area (TPSA) is 12.0 Å². The zero-order valence-corrected chi connectivity index (χ0v) is 11.1. The van der Waals surface area contributed by atoms with Crippen LogP contribution in [0.1, 0.15) is 78.6 Å². The third kappa shape index (κ3) is 10.2. The first-order valence-corrected chi connectivity index (χ1v) is 7.08. The zero-order chi connectivity index (χ0) is 11.4. The van der Waals surface area contributed by atoms with E-state index in [4.69, 9.17) is 0 Å². The van der Waals surface area contributed by atoms with Gasteiger partial charge in [0.15, 0.2) is 0 Å². The molecule has 1 heteroatoms. The number of hydrogen-bond donors (Lipinski definition) is 1. The molecule has 0 radical (unpaired) electrons. The number of hydrogen-bond acceptors (Lipinski definition) is 1. The lowest BCUT2D eigenvalue weighted by molar-refractivity contribution is 0.421. The Bertz CT molecular complexity index is 104. The van der Waals surface area contributed by atoms with Crippen LogP contribution in [0.5, 0.6) is 0 Å². The Morgan fingerprint density at radius 3 is 1.73 bits per heavy atom. The molecule has 0 aliphatic heterocycles. The lowest BCUT2D eigenvalue weighted by Gasteiger charge is -2.18. The molecular formula is C14H31N. The molecule has 0 aromatic rings. The molecule has 15 heavy (non-hydrogen) atoms. The molecule has 0 heterocycles. The first-order chi connectivity index (χ1) is 7.35. The molecule has 92 valence electrons. The van der Waals surface area contributed by atoms with E-state index in [2.05, 4.69) is 26.1 Å². The molecule has 1 nitrogen and oxygen atoms in total. The Hall–Kier alpha value is -0.0400. The van der Waals surface area contributed by atoms with Crippen LogP contribution >= 0.6 is 0 Å². The lowest BCUT2D eigenvalue weighted by atomic mass is 10.0. The molecule has 1 N–H and O–H groups in total. The molecule has 0 unspecified atom stereocenters. The lowest BCUT2D eigenvalue weighted by Crippen LogP contribution is -2.29. The summed E-state index contributed by atoms with van der Waals surface area (Å²) in [4.78, 5) is 0. The summed E-state index contributed by atoms with van der Waals surface area (Å²) < 4.78 is 0. The van der Waals surface area contributed by atoms with Gasteiger partial charge in [-0.3, -0.25) is 0 Å². The average Bonchev–Trinajstić information content (AvgIpc) is 2.27. The van der Waals surface area contributed by atoms with Crippen LogP contribution in [0.2, 0.25) is 0 Å². The van der Waals surface area contributed by atoms with Crippen molar-refractivity contribution in [2.24, 2.45) is 0 Å². The standard InChI is InChI=1S/C14H31N/c1-4-7-10-13-15-14(11-8-5-2)12-9-6-3/h14-15H,4-13H2,1-3H3. The van der Waals surface area contributed by atoms with E-state index in [1.807, 2.05) is 0 Å². The summed E-state index contributed by atoms with van der Waals surface area (Å²) in [6, 6.07) is 0.793. The van der Waals surface area contributed by atoms with Gasteiger partial charge in [0.2, 0.25) is 0 Å². The van der Waals surface area contributed by atoms with E-state index in [0.717, 1.165) is 6.04 Å². The smallest absolute Gasteiger partial charge is 0.00670 e. The van der Waals surface area contributed by atoms with Crippen LogP contribution in [0.4, 0.5) is 0 Å². The minimum Gasteiger partial charge on any atom is -0.314 e. The van der Waals surface area contributed by atoms with Gasteiger partial charge in [-0.25, -0.2) is 0 Å². The number of rotatable bonds is 11. The molecule has 0 saturated heterocycles. The van der Waals surface area contributed by atoms with Crippen molar-refractivity contribution in [2.75, 3.05) is 6.54 Å². The highest BCUT2D eigenvalue weighted by atomic mass is 14.9. The molecule has 0 aromatic heterocycles. The van der Waals surface area contributed by atoms with E-state index in [1.54, 1.807) is 0 Å². The van der Waals surface area contributed by atoms with Crippen molar-refractivity contribution in [3.63, 3.8) is 0 Å². The minimum atomic E-state index is 0.793. The third-order valence-electron chi connectivity index (χ3n) is 3.03. The van der Waals surface area contributed by atoms with E-state index >= 15 is 0 Å². The van der Waals surface area contributed by atoms with E-state index in [-0.39, 0.29) is 0 Å². The van der Waals surface area contributed by atoms with Gasteiger partial charge in [-0.15, -0.1) is 0 Å². The van der Waals surface area contributed by atoms with Crippen molar-refractivity contribution in [3.8, 4) is 0 Å². The number of unbranched alkanes of at least 4 members (excludes halogenated alkanes) is 4. The fourth-order valence-electron chi connectivity index (χ4n) is 1.93. The second kappa shape index (κ2) is 12.0. The minimum absolute atomic E-state index is 0.793. The van der Waals surface area contributed by atoms with Gasteiger partial charge in [0.05, 0.1) is 0 Å². The largest absolute Gasteiger partial charge is 0.314 e. The molecule has 0 spiro atoms. The Morgan fingerprint density at radius 2 is 1.27 bits per heavy atom. The first kappa shape index (κ1) is 15.0. The Kier molecular flexibility index (Phi) is 12.0. The van der Waals surface area contributed by atoms with Gasteiger partial charge in [-0.2, -0.15) is 0 Å². The van der Waals surface area contributed by atoms with E-state index in [1.165, 1.54) is 64.3 Å². The molecule has 0 atom stereocenters. The Balaban J connectivity index is 3.49. The summed E-state index contributed by atoms with van der Waals surface area (Å²) >= 11 is 0. The third-order valence-corrected chi connectivity index (χ3v) is 3.03. The maximum absolute atomic E-state index is 3.72. The summed E-state index contributed by atoms with van der Waals surface area (Å²) in [7, 11) is 0. The molecular weight excluding hydrogens is 182 g/mol. The molecule has 0 saturated carbocycles. The highest BCUT2D eigenvalue weighted by Crippen LogP contribution is 2.08. The first-order valence-electron chi connectivity index (χ1n) is 7.08. The summed E-state index contributed by atoms with van der Waals surface area (Å²) in [5.41, 5.74) is 0. The van der Waals surface area contributed by atoms with E-state index in [9.17, 15) is 0 Å². The predicted molar refractivity (Wildman–Crippen MR) is 70.4 cm³/mol. The second-order valence-electron chi connectivity index (χ2n) is 4.64. The monoisotopic (exact) mass is 213 g/mol. The fraction of sp³-hybridized carbons (Fsp3) is 1.00. The van der Waals surface area contributed by atoms with Crippen LogP contribution in [0, 0.1) is 0 Å². The van der Waals surface area contributed by atoms with Crippen molar-refractivity contribution in [1.82, 2.24) is 5.32 Å². The van der Waals surface area contributed by atoms with Crippen LogP contribution < -0.4 is 5.32 Å². The molecule has 0 aromatic carbocycles. The van der Waals surface area contributed by atoms with E-state index < -0.39 is 0 Å². The molecule has 0 aliphatic carbocycles. The summed E-state index contributed by atoms with van der Waals surface area (Å²) in [6.07, 6.45) is 12.2. The van der Waals surface area contributed by atoms with Gasteiger partial charge in [-0.1, -0.05) is 59.3 Å². The van der Waals surface area contributed by atoms with Crippen molar-refractivity contribution in [1.29, 1.82) is 0 Å². The van der Waals surface area contributed by atoms with Gasteiger partial charge in [0.1, 0.15) is 0 Å². The van der Waals surface area contributed by atoms with Crippen molar-refractivity contribution in [3.05, 3.63) is 0 Å². The van der Waals surface area contributed by atoms with Crippen LogP contribution in [-0.4, -0.2) is 12.6 Å². The quantitative estimate of drug-likeness (QED) is 0.498. The molecule has 0 fully saturated rings. The van der Waals surface area contributed by atoms with Crippen LogP contribution in [0.25, 0.3) is 0 Å². The second-order valence-corrected chi connectivity index (χ2v) is 4.64. The van der Waals surface area contributed by atoms with Gasteiger partial charge in [0, 0.05) is 6.04 Å². The predicted octanol–water partition coefficient (Wildman–Crippen LogP) is 4.52. The fourth-order valence-corrected chi connectivity index (χ4v) is 1.93. The van der Waals surface area contributed by atoms with Gasteiger partial charge in [0.25, 0.3) is 0 Å². The van der Waals surface area contributed by atoms with Crippen molar-refractivity contribution < 1.29 is 0 Å². The molecule has 0 aliphatic rings. The average molecular weight is 213 g/mol. The highest BCUT2D eigenvalue weighted by Gasteiger charge is 2.05. The normalized spacial score (nSPS) is 11.2. The Labute approximate surface area is 97.0 Å². The maximum Gasteiger partial charge on any atom is 0.00670 e. The van der Waals surface area contributed by atoms with Gasteiger partial charge in [-0.05, 0) is 25.8 Å². The highest BCUT2D eigenvalue weighted by molar-refractivity contribution is 4.66. The zero-order valence-electron chi connectivity index (χ0n) is 11.1. The van der Waals surface area contributed by atoms with Crippen LogP contribution in [-0.2, 0) is 0 Å². The molecule has 0 bridgehead atoms. The van der Waals surface area contributed by atoms with Gasteiger partial charge < -0.3 is 5.32 Å². The van der Waals surface area contributed by atoms with E-state index in [0.29, 0.717) is 0 Å². The van der Waals surface area contributed by atoms with Gasteiger partial charge >= 0.3 is 0 Å².